The molecule has 0 unspecified atom stereocenters. The Kier molecular flexibility index (Phi) is 8.18. The van der Waals surface area contributed by atoms with E-state index < -0.39 is 0 Å². The Morgan fingerprint density at radius 1 is 1.23 bits per heavy atom. The number of guanidine groups is 1. The topological polar surface area (TPSA) is 59.0 Å². The first-order valence-electron chi connectivity index (χ1n) is 8.35. The zero-order valence-corrected chi connectivity index (χ0v) is 16.2. The first kappa shape index (κ1) is 20.0. The van der Waals surface area contributed by atoms with Crippen molar-refractivity contribution in [3.8, 4) is 5.88 Å². The Bertz CT molecular complexity index is 707. The number of pyridine rings is 1. The number of hydrogen-bond acceptors (Lipinski definition) is 4. The van der Waals surface area contributed by atoms with Gasteiger partial charge in [-0.15, -0.1) is 0 Å². The number of hydrogen-bond donors (Lipinski definition) is 1. The largest absolute Gasteiger partial charge is 0.475 e. The van der Waals surface area contributed by atoms with Crippen molar-refractivity contribution in [2.24, 2.45) is 4.99 Å². The van der Waals surface area contributed by atoms with E-state index in [2.05, 4.69) is 15.3 Å². The number of halogens is 1. The SMILES string of the molecule is CN=C(NCc1ccc(OCCOC)nc1)N(C)Cc1cccc(Cl)c1. The van der Waals surface area contributed by atoms with Crippen LogP contribution in [0.15, 0.2) is 47.6 Å². The third-order valence-electron chi connectivity index (χ3n) is 3.67. The zero-order chi connectivity index (χ0) is 18.8. The van der Waals surface area contributed by atoms with Crippen LogP contribution < -0.4 is 10.1 Å². The predicted octanol–water partition coefficient (Wildman–Crippen LogP) is 2.97. The van der Waals surface area contributed by atoms with Crippen LogP contribution in [0.4, 0.5) is 0 Å². The predicted molar refractivity (Wildman–Crippen MR) is 105 cm³/mol. The third kappa shape index (κ3) is 6.54. The molecule has 1 aromatic carbocycles. The van der Waals surface area contributed by atoms with Crippen LogP contribution >= 0.6 is 11.6 Å². The van der Waals surface area contributed by atoms with Crippen molar-refractivity contribution in [3.63, 3.8) is 0 Å². The van der Waals surface area contributed by atoms with Gasteiger partial charge in [-0.25, -0.2) is 4.98 Å². The van der Waals surface area contributed by atoms with Crippen molar-refractivity contribution in [1.29, 1.82) is 0 Å². The number of aromatic nitrogens is 1. The highest BCUT2D eigenvalue weighted by Crippen LogP contribution is 2.12. The molecule has 7 heteroatoms. The third-order valence-corrected chi connectivity index (χ3v) is 3.90. The van der Waals surface area contributed by atoms with Crippen LogP contribution in [-0.2, 0) is 17.8 Å². The van der Waals surface area contributed by atoms with Crippen LogP contribution in [0, 0.1) is 0 Å². The van der Waals surface area contributed by atoms with Crippen molar-refractivity contribution in [2.75, 3.05) is 34.4 Å². The number of ether oxygens (including phenoxy) is 2. The van der Waals surface area contributed by atoms with E-state index >= 15 is 0 Å². The van der Waals surface area contributed by atoms with E-state index in [0.29, 0.717) is 32.2 Å². The molecule has 0 amide bonds. The lowest BCUT2D eigenvalue weighted by molar-refractivity contribution is 0.143. The molecule has 0 saturated heterocycles. The van der Waals surface area contributed by atoms with Crippen LogP contribution in [-0.4, -0.2) is 50.3 Å². The second kappa shape index (κ2) is 10.6. The highest BCUT2D eigenvalue weighted by molar-refractivity contribution is 6.30. The highest BCUT2D eigenvalue weighted by Gasteiger charge is 2.07. The van der Waals surface area contributed by atoms with E-state index in [-0.39, 0.29) is 0 Å². The molecule has 0 bridgehead atoms. The fourth-order valence-electron chi connectivity index (χ4n) is 2.38. The van der Waals surface area contributed by atoms with E-state index in [1.807, 2.05) is 48.3 Å². The van der Waals surface area contributed by atoms with Gasteiger partial charge in [-0.2, -0.15) is 0 Å². The van der Waals surface area contributed by atoms with Crippen LogP contribution in [0.2, 0.25) is 5.02 Å². The fourth-order valence-corrected chi connectivity index (χ4v) is 2.59. The summed E-state index contributed by atoms with van der Waals surface area (Å²) in [4.78, 5) is 10.7. The summed E-state index contributed by atoms with van der Waals surface area (Å²) in [7, 11) is 5.39. The molecule has 0 saturated carbocycles. The van der Waals surface area contributed by atoms with E-state index in [9.17, 15) is 0 Å². The molecule has 1 heterocycles. The molecule has 0 aliphatic carbocycles. The number of methoxy groups -OCH3 is 1. The Balaban J connectivity index is 1.85. The Morgan fingerprint density at radius 3 is 2.73 bits per heavy atom. The molecule has 0 spiro atoms. The maximum atomic E-state index is 6.05. The number of aliphatic imine (C=N–C) groups is 1. The number of benzene rings is 1. The molecule has 0 aliphatic heterocycles. The molecule has 6 nitrogen and oxygen atoms in total. The lowest BCUT2D eigenvalue weighted by Gasteiger charge is -2.22. The van der Waals surface area contributed by atoms with Gasteiger partial charge in [-0.3, -0.25) is 4.99 Å². The van der Waals surface area contributed by atoms with Gasteiger partial charge in [0.15, 0.2) is 5.96 Å². The Morgan fingerprint density at radius 2 is 2.08 bits per heavy atom. The van der Waals surface area contributed by atoms with Crippen LogP contribution in [0.3, 0.4) is 0 Å². The van der Waals surface area contributed by atoms with E-state index in [1.165, 1.54) is 0 Å². The maximum absolute atomic E-state index is 6.05. The summed E-state index contributed by atoms with van der Waals surface area (Å²) in [5, 5.41) is 4.07. The molecule has 26 heavy (non-hydrogen) atoms. The summed E-state index contributed by atoms with van der Waals surface area (Å²) >= 11 is 6.05. The van der Waals surface area contributed by atoms with Gasteiger partial charge in [0.2, 0.25) is 5.88 Å². The molecule has 140 valence electrons. The van der Waals surface area contributed by atoms with Gasteiger partial charge in [0.25, 0.3) is 0 Å². The van der Waals surface area contributed by atoms with Crippen LogP contribution in [0.5, 0.6) is 5.88 Å². The quantitative estimate of drug-likeness (QED) is 0.436. The summed E-state index contributed by atoms with van der Waals surface area (Å²) in [6.07, 6.45) is 1.79. The lowest BCUT2D eigenvalue weighted by atomic mass is 10.2. The number of rotatable bonds is 8. The molecular formula is C19H25ClN4O2. The van der Waals surface area contributed by atoms with E-state index in [0.717, 1.165) is 22.1 Å². The van der Waals surface area contributed by atoms with Crippen molar-refractivity contribution in [1.82, 2.24) is 15.2 Å². The lowest BCUT2D eigenvalue weighted by Crippen LogP contribution is -2.38. The molecular weight excluding hydrogens is 352 g/mol. The average Bonchev–Trinajstić information content (AvgIpc) is 2.63. The molecule has 0 aliphatic rings. The molecule has 2 rings (SSSR count). The first-order chi connectivity index (χ1) is 12.6. The first-order valence-corrected chi connectivity index (χ1v) is 8.73. The smallest absolute Gasteiger partial charge is 0.213 e. The molecule has 0 radical (unpaired) electrons. The van der Waals surface area contributed by atoms with Crippen LogP contribution in [0.25, 0.3) is 0 Å². The normalized spacial score (nSPS) is 11.3. The molecule has 1 aromatic heterocycles. The second-order valence-electron chi connectivity index (χ2n) is 5.73. The average molecular weight is 377 g/mol. The molecule has 1 N–H and O–H groups in total. The van der Waals surface area contributed by atoms with Crippen molar-refractivity contribution < 1.29 is 9.47 Å². The Labute approximate surface area is 159 Å². The molecule has 2 aromatic rings. The van der Waals surface area contributed by atoms with Crippen molar-refractivity contribution >= 4 is 17.6 Å². The fraction of sp³-hybridized carbons (Fsp3) is 0.368. The van der Waals surface area contributed by atoms with Crippen molar-refractivity contribution in [2.45, 2.75) is 13.1 Å². The summed E-state index contributed by atoms with van der Waals surface area (Å²) in [6.45, 7) is 2.37. The minimum Gasteiger partial charge on any atom is -0.475 e. The Hall–Kier alpha value is -2.31. The van der Waals surface area contributed by atoms with Gasteiger partial charge in [0.05, 0.1) is 6.61 Å². The number of nitrogens with one attached hydrogen (secondary N) is 1. The maximum Gasteiger partial charge on any atom is 0.213 e. The summed E-state index contributed by atoms with van der Waals surface area (Å²) in [5.74, 6) is 1.39. The van der Waals surface area contributed by atoms with E-state index in [4.69, 9.17) is 21.1 Å². The van der Waals surface area contributed by atoms with Gasteiger partial charge >= 0.3 is 0 Å². The van der Waals surface area contributed by atoms with Gasteiger partial charge in [0, 0.05) is 51.6 Å². The van der Waals surface area contributed by atoms with Gasteiger partial charge in [-0.1, -0.05) is 29.8 Å². The zero-order valence-electron chi connectivity index (χ0n) is 15.4. The molecule has 0 atom stereocenters. The van der Waals surface area contributed by atoms with Crippen LogP contribution in [0.1, 0.15) is 11.1 Å². The van der Waals surface area contributed by atoms with Gasteiger partial charge in [-0.05, 0) is 23.3 Å². The summed E-state index contributed by atoms with van der Waals surface area (Å²) in [6, 6.07) is 11.6. The van der Waals surface area contributed by atoms with E-state index in [1.54, 1.807) is 20.4 Å². The second-order valence-corrected chi connectivity index (χ2v) is 6.17. The monoisotopic (exact) mass is 376 g/mol. The summed E-state index contributed by atoms with van der Waals surface area (Å²) in [5.41, 5.74) is 2.17. The van der Waals surface area contributed by atoms with Gasteiger partial charge in [0.1, 0.15) is 6.61 Å². The minimum atomic E-state index is 0.488. The molecule has 0 fully saturated rings. The minimum absolute atomic E-state index is 0.488. The summed E-state index contributed by atoms with van der Waals surface area (Å²) < 4.78 is 10.4. The number of nitrogens with zero attached hydrogens (tertiary/aromatic N) is 3. The van der Waals surface area contributed by atoms with Crippen molar-refractivity contribution in [3.05, 3.63) is 58.7 Å². The van der Waals surface area contributed by atoms with Gasteiger partial charge < -0.3 is 19.7 Å². The highest BCUT2D eigenvalue weighted by atomic mass is 35.5. The standard InChI is InChI=1S/C19H25ClN4O2/c1-21-19(24(2)14-15-5-4-6-17(20)11-15)23-13-16-7-8-18(22-12-16)26-10-9-25-3/h4-8,11-12H,9-10,13-14H2,1-3H3,(H,21,23).